The summed E-state index contributed by atoms with van der Waals surface area (Å²) < 4.78 is 1.48. The minimum Gasteiger partial charge on any atom is -0.318 e. The maximum atomic E-state index is 11.0. The SMILES string of the molecule is Cn1cnc(=O)c2c1=NC(=O)N=2. The first kappa shape index (κ1) is 6.84. The molecule has 60 valence electrons. The predicted octanol–water partition coefficient (Wildman–Crippen LogP) is -1.85. The molecule has 2 rings (SSSR count). The number of carbonyl (C=O) groups excluding carboxylic acids is 1. The van der Waals surface area contributed by atoms with Crippen LogP contribution in [0.3, 0.4) is 0 Å². The van der Waals surface area contributed by atoms with Crippen LogP contribution < -0.4 is 16.4 Å². The van der Waals surface area contributed by atoms with Gasteiger partial charge in [0, 0.05) is 7.05 Å². The molecule has 0 fully saturated rings. The molecule has 6 nitrogen and oxygen atoms in total. The molecule has 0 spiro atoms. The Hall–Kier alpha value is -1.85. The first-order valence-electron chi connectivity index (χ1n) is 3.21. The van der Waals surface area contributed by atoms with Crippen LogP contribution in [-0.4, -0.2) is 15.6 Å². The van der Waals surface area contributed by atoms with Gasteiger partial charge in [0.2, 0.25) is 0 Å². The Morgan fingerprint density at radius 1 is 1.33 bits per heavy atom. The fraction of sp³-hybridized carbons (Fsp3) is 0.167. The third kappa shape index (κ3) is 0.777. The van der Waals surface area contributed by atoms with Gasteiger partial charge < -0.3 is 4.57 Å². The molecule has 0 saturated carbocycles. The second-order valence-corrected chi connectivity index (χ2v) is 2.34. The fourth-order valence-corrected chi connectivity index (χ4v) is 0.958. The van der Waals surface area contributed by atoms with Gasteiger partial charge in [-0.05, 0) is 0 Å². The lowest BCUT2D eigenvalue weighted by Crippen LogP contribution is -2.44. The number of urea groups is 1. The van der Waals surface area contributed by atoms with Crippen molar-refractivity contribution < 1.29 is 4.79 Å². The van der Waals surface area contributed by atoms with Crippen molar-refractivity contribution in [2.24, 2.45) is 17.0 Å². The maximum Gasteiger partial charge on any atom is 0.369 e. The van der Waals surface area contributed by atoms with Crippen molar-refractivity contribution in [1.29, 1.82) is 0 Å². The highest BCUT2D eigenvalue weighted by atomic mass is 16.2. The van der Waals surface area contributed by atoms with E-state index in [0.717, 1.165) is 0 Å². The number of carbonyl (C=O) groups is 1. The summed E-state index contributed by atoms with van der Waals surface area (Å²) in [6.45, 7) is 0. The van der Waals surface area contributed by atoms with E-state index in [1.54, 1.807) is 7.05 Å². The van der Waals surface area contributed by atoms with Crippen LogP contribution in [0.15, 0.2) is 21.1 Å². The Kier molecular flexibility index (Phi) is 1.18. The van der Waals surface area contributed by atoms with Gasteiger partial charge in [-0.1, -0.05) is 0 Å². The van der Waals surface area contributed by atoms with Crippen molar-refractivity contribution in [3.05, 3.63) is 27.5 Å². The minimum atomic E-state index is -0.647. The molecule has 1 aromatic heterocycles. The zero-order valence-corrected chi connectivity index (χ0v) is 6.18. The number of hydrogen-bond acceptors (Lipinski definition) is 3. The molecule has 12 heavy (non-hydrogen) atoms. The van der Waals surface area contributed by atoms with E-state index in [-0.39, 0.29) is 10.8 Å². The van der Waals surface area contributed by atoms with Crippen LogP contribution in [0.4, 0.5) is 4.79 Å². The van der Waals surface area contributed by atoms with Crippen molar-refractivity contribution in [2.75, 3.05) is 0 Å². The van der Waals surface area contributed by atoms with Gasteiger partial charge in [-0.3, -0.25) is 4.79 Å². The summed E-state index contributed by atoms with van der Waals surface area (Å²) in [5, 5.41) is 0.0324. The molecule has 1 aliphatic rings. The first-order valence-corrected chi connectivity index (χ1v) is 3.21. The Balaban J connectivity index is 3.11. The van der Waals surface area contributed by atoms with Gasteiger partial charge in [-0.25, -0.2) is 4.79 Å². The van der Waals surface area contributed by atoms with E-state index in [0.29, 0.717) is 0 Å². The van der Waals surface area contributed by atoms with Crippen LogP contribution in [-0.2, 0) is 7.05 Å². The summed E-state index contributed by atoms with van der Waals surface area (Å²) in [6.07, 6.45) is 1.30. The lowest BCUT2D eigenvalue weighted by Gasteiger charge is -1.91. The third-order valence-corrected chi connectivity index (χ3v) is 1.51. The molecule has 0 aliphatic carbocycles. The molecular formula is C6H4N4O2. The lowest BCUT2D eigenvalue weighted by molar-refractivity contribution is 0.256. The van der Waals surface area contributed by atoms with Crippen LogP contribution in [0.5, 0.6) is 0 Å². The van der Waals surface area contributed by atoms with E-state index in [1.165, 1.54) is 10.9 Å². The Morgan fingerprint density at radius 3 is 2.75 bits per heavy atom. The van der Waals surface area contributed by atoms with Crippen LogP contribution in [0.1, 0.15) is 0 Å². The van der Waals surface area contributed by atoms with Crippen LogP contribution >= 0.6 is 0 Å². The van der Waals surface area contributed by atoms with E-state index < -0.39 is 11.6 Å². The summed E-state index contributed by atoms with van der Waals surface area (Å²) in [7, 11) is 1.64. The molecule has 1 aliphatic heterocycles. The van der Waals surface area contributed by atoms with Gasteiger partial charge in [0.1, 0.15) is 6.33 Å². The van der Waals surface area contributed by atoms with E-state index in [4.69, 9.17) is 0 Å². The van der Waals surface area contributed by atoms with Gasteiger partial charge >= 0.3 is 11.6 Å². The summed E-state index contributed by atoms with van der Waals surface area (Å²) in [6, 6.07) is -0.647. The first-order chi connectivity index (χ1) is 5.68. The number of aromatic nitrogens is 2. The zero-order chi connectivity index (χ0) is 8.72. The average molecular weight is 164 g/mol. The second-order valence-electron chi connectivity index (χ2n) is 2.34. The highest BCUT2D eigenvalue weighted by Crippen LogP contribution is 1.79. The maximum absolute atomic E-state index is 11.0. The van der Waals surface area contributed by atoms with Gasteiger partial charge in [-0.15, -0.1) is 0 Å². The molecule has 0 unspecified atom stereocenters. The quantitative estimate of drug-likeness (QED) is 0.451. The third-order valence-electron chi connectivity index (χ3n) is 1.51. The second kappa shape index (κ2) is 2.07. The standard InChI is InChI=1S/C6H4N4O2/c1-10-2-7-5(11)3-4(10)9-6(12)8-3/h2H,1H3. The lowest BCUT2D eigenvalue weighted by atomic mass is 10.6. The highest BCUT2D eigenvalue weighted by molar-refractivity contribution is 5.77. The van der Waals surface area contributed by atoms with Crippen LogP contribution in [0.25, 0.3) is 0 Å². The predicted molar refractivity (Wildman–Crippen MR) is 37.2 cm³/mol. The summed E-state index contributed by atoms with van der Waals surface area (Å²) in [4.78, 5) is 32.1. The van der Waals surface area contributed by atoms with Crippen molar-refractivity contribution in [2.45, 2.75) is 0 Å². The van der Waals surface area contributed by atoms with Gasteiger partial charge in [0.05, 0.1) is 0 Å². The smallest absolute Gasteiger partial charge is 0.318 e. The number of hydrogen-bond donors (Lipinski definition) is 0. The minimum absolute atomic E-state index is 0.0324. The van der Waals surface area contributed by atoms with Gasteiger partial charge in [0.15, 0.2) is 10.8 Å². The molecule has 2 amide bonds. The molecule has 2 heterocycles. The molecule has 0 atom stereocenters. The molecule has 0 aromatic carbocycles. The van der Waals surface area contributed by atoms with Crippen molar-refractivity contribution in [3.8, 4) is 0 Å². The number of amides is 2. The normalized spacial score (nSPS) is 13.6. The molecule has 1 aromatic rings. The van der Waals surface area contributed by atoms with Crippen molar-refractivity contribution in [1.82, 2.24) is 9.55 Å². The fourth-order valence-electron chi connectivity index (χ4n) is 0.958. The Bertz CT molecular complexity index is 527. The van der Waals surface area contributed by atoms with Crippen LogP contribution in [0, 0.1) is 0 Å². The highest BCUT2D eigenvalue weighted by Gasteiger charge is 2.09. The summed E-state index contributed by atoms with van der Waals surface area (Å²) >= 11 is 0. The Labute approximate surface area is 65.9 Å². The molecule has 0 saturated heterocycles. The molecule has 6 heteroatoms. The van der Waals surface area contributed by atoms with Crippen molar-refractivity contribution in [3.63, 3.8) is 0 Å². The van der Waals surface area contributed by atoms with Crippen molar-refractivity contribution >= 4 is 6.03 Å². The molecular weight excluding hydrogens is 160 g/mol. The Morgan fingerprint density at radius 2 is 2.08 bits per heavy atom. The van der Waals surface area contributed by atoms with Gasteiger partial charge in [-0.2, -0.15) is 15.0 Å². The van der Waals surface area contributed by atoms with E-state index >= 15 is 0 Å². The largest absolute Gasteiger partial charge is 0.369 e. The molecule has 0 bridgehead atoms. The topological polar surface area (TPSA) is 76.7 Å². The van der Waals surface area contributed by atoms with E-state index in [1.807, 2.05) is 0 Å². The number of rotatable bonds is 0. The molecule has 0 N–H and O–H groups in total. The number of nitrogens with zero attached hydrogens (tertiary/aromatic N) is 4. The number of fused-ring (bicyclic) bond motifs is 1. The zero-order valence-electron chi connectivity index (χ0n) is 6.18. The number of aryl methyl sites for hydroxylation is 1. The monoisotopic (exact) mass is 164 g/mol. The summed E-state index contributed by atoms with van der Waals surface area (Å²) in [5.74, 6) is 0. The average Bonchev–Trinajstić information content (AvgIpc) is 2.41. The summed E-state index contributed by atoms with van der Waals surface area (Å²) in [5.41, 5.74) is -0.238. The molecule has 0 radical (unpaired) electrons. The van der Waals surface area contributed by atoms with Crippen LogP contribution in [0.2, 0.25) is 0 Å². The van der Waals surface area contributed by atoms with Gasteiger partial charge in [0.25, 0.3) is 0 Å². The van der Waals surface area contributed by atoms with E-state index in [2.05, 4.69) is 15.0 Å². The van der Waals surface area contributed by atoms with E-state index in [9.17, 15) is 9.59 Å².